The third kappa shape index (κ3) is 6.35. The van der Waals surface area contributed by atoms with Gasteiger partial charge in [0.2, 0.25) is 0 Å². The standard InChI is InChI=1S/C16H22ClNO4/c1-10(14(19)20)5-6-11-7-8-12(17)9-13(11)18-15(21)22-16(2,3)4/h7-10H,5-6H2,1-4H3,(H,18,21)(H,19,20). The zero-order chi connectivity index (χ0) is 16.9. The van der Waals surface area contributed by atoms with Crippen LogP contribution >= 0.6 is 11.6 Å². The Labute approximate surface area is 135 Å². The Morgan fingerprint density at radius 2 is 2.00 bits per heavy atom. The molecule has 1 aromatic carbocycles. The lowest BCUT2D eigenvalue weighted by atomic mass is 10.00. The van der Waals surface area contributed by atoms with E-state index in [1.165, 1.54) is 0 Å². The molecule has 1 aromatic rings. The number of halogens is 1. The van der Waals surface area contributed by atoms with E-state index in [1.807, 2.05) is 0 Å². The van der Waals surface area contributed by atoms with Crippen molar-refractivity contribution in [3.8, 4) is 0 Å². The number of hydrogen-bond acceptors (Lipinski definition) is 3. The van der Waals surface area contributed by atoms with Gasteiger partial charge in [-0.2, -0.15) is 0 Å². The van der Waals surface area contributed by atoms with Gasteiger partial charge in [0.25, 0.3) is 0 Å². The molecule has 6 heteroatoms. The molecule has 1 atom stereocenters. The summed E-state index contributed by atoms with van der Waals surface area (Å²) in [6.45, 7) is 6.99. The van der Waals surface area contributed by atoms with Crippen LogP contribution in [0.3, 0.4) is 0 Å². The summed E-state index contributed by atoms with van der Waals surface area (Å²) in [5.74, 6) is -1.29. The molecular formula is C16H22ClNO4. The normalized spacial score (nSPS) is 12.6. The Hall–Kier alpha value is -1.75. The van der Waals surface area contributed by atoms with Crippen molar-refractivity contribution in [1.29, 1.82) is 0 Å². The number of hydrogen-bond donors (Lipinski definition) is 2. The van der Waals surface area contributed by atoms with E-state index < -0.39 is 23.6 Å². The van der Waals surface area contributed by atoms with E-state index in [-0.39, 0.29) is 0 Å². The molecular weight excluding hydrogens is 306 g/mol. The highest BCUT2D eigenvalue weighted by molar-refractivity contribution is 6.31. The SMILES string of the molecule is CC(CCc1ccc(Cl)cc1NC(=O)OC(C)(C)C)C(=O)O. The molecule has 0 aliphatic carbocycles. The van der Waals surface area contributed by atoms with Crippen LogP contribution in [0.2, 0.25) is 5.02 Å². The average molecular weight is 328 g/mol. The number of ether oxygens (including phenoxy) is 1. The molecule has 1 amide bonds. The molecule has 1 unspecified atom stereocenters. The number of anilines is 1. The fraction of sp³-hybridized carbons (Fsp3) is 0.500. The maximum atomic E-state index is 11.9. The molecule has 0 fully saturated rings. The van der Waals surface area contributed by atoms with Crippen LogP contribution in [0.5, 0.6) is 0 Å². The van der Waals surface area contributed by atoms with Crippen molar-refractivity contribution >= 4 is 29.4 Å². The predicted octanol–water partition coefficient (Wildman–Crippen LogP) is 4.34. The van der Waals surface area contributed by atoms with Crippen molar-refractivity contribution in [1.82, 2.24) is 0 Å². The van der Waals surface area contributed by atoms with Crippen LogP contribution in [0, 0.1) is 5.92 Å². The molecule has 2 N–H and O–H groups in total. The highest BCUT2D eigenvalue weighted by Gasteiger charge is 2.18. The van der Waals surface area contributed by atoms with Gasteiger partial charge in [0.05, 0.1) is 5.92 Å². The van der Waals surface area contributed by atoms with Crippen molar-refractivity contribution in [2.75, 3.05) is 5.32 Å². The fourth-order valence-corrected chi connectivity index (χ4v) is 1.96. The van der Waals surface area contributed by atoms with Crippen molar-refractivity contribution in [3.63, 3.8) is 0 Å². The van der Waals surface area contributed by atoms with Gasteiger partial charge in [-0.1, -0.05) is 24.6 Å². The van der Waals surface area contributed by atoms with E-state index >= 15 is 0 Å². The van der Waals surface area contributed by atoms with Crippen molar-refractivity contribution in [2.45, 2.75) is 46.1 Å². The topological polar surface area (TPSA) is 75.6 Å². The van der Waals surface area contributed by atoms with Crippen molar-refractivity contribution < 1.29 is 19.4 Å². The van der Waals surface area contributed by atoms with Gasteiger partial charge < -0.3 is 9.84 Å². The molecule has 0 aliphatic heterocycles. The smallest absolute Gasteiger partial charge is 0.412 e. The quantitative estimate of drug-likeness (QED) is 0.843. The summed E-state index contributed by atoms with van der Waals surface area (Å²) in [6, 6.07) is 5.12. The number of rotatable bonds is 5. The van der Waals surface area contributed by atoms with E-state index in [0.29, 0.717) is 23.6 Å². The molecule has 0 heterocycles. The zero-order valence-electron chi connectivity index (χ0n) is 13.3. The predicted molar refractivity (Wildman–Crippen MR) is 86.4 cm³/mol. The van der Waals surface area contributed by atoms with E-state index in [9.17, 15) is 9.59 Å². The second-order valence-electron chi connectivity index (χ2n) is 6.21. The number of carbonyl (C=O) groups is 2. The first kappa shape index (κ1) is 18.3. The van der Waals surface area contributed by atoms with Gasteiger partial charge in [0.1, 0.15) is 5.60 Å². The lowest BCUT2D eigenvalue weighted by molar-refractivity contribution is -0.141. The molecule has 22 heavy (non-hydrogen) atoms. The van der Waals surface area contributed by atoms with Crippen LogP contribution in [0.4, 0.5) is 10.5 Å². The lowest BCUT2D eigenvalue weighted by Crippen LogP contribution is -2.27. The summed E-state index contributed by atoms with van der Waals surface area (Å²) in [6.07, 6.45) is 0.428. The Bertz CT molecular complexity index is 552. The number of nitrogens with one attached hydrogen (secondary N) is 1. The molecule has 0 bridgehead atoms. The maximum Gasteiger partial charge on any atom is 0.412 e. The van der Waals surface area contributed by atoms with Gasteiger partial charge in [-0.05, 0) is 51.3 Å². The Morgan fingerprint density at radius 3 is 2.55 bits per heavy atom. The monoisotopic (exact) mass is 327 g/mol. The van der Waals surface area contributed by atoms with Crippen LogP contribution in [0.1, 0.15) is 39.7 Å². The van der Waals surface area contributed by atoms with Gasteiger partial charge in [-0.15, -0.1) is 0 Å². The molecule has 122 valence electrons. The highest BCUT2D eigenvalue weighted by Crippen LogP contribution is 2.24. The first-order chi connectivity index (χ1) is 10.1. The largest absolute Gasteiger partial charge is 0.481 e. The third-order valence-corrected chi connectivity index (χ3v) is 3.21. The van der Waals surface area contributed by atoms with Gasteiger partial charge in [-0.25, -0.2) is 4.79 Å². The summed E-state index contributed by atoms with van der Waals surface area (Å²) in [5.41, 5.74) is 0.767. The number of benzene rings is 1. The minimum absolute atomic E-state index is 0.454. The molecule has 0 aromatic heterocycles. The fourth-order valence-electron chi connectivity index (χ4n) is 1.79. The first-order valence-corrected chi connectivity index (χ1v) is 7.47. The molecule has 0 aliphatic rings. The van der Waals surface area contributed by atoms with Gasteiger partial charge in [0, 0.05) is 10.7 Å². The Morgan fingerprint density at radius 1 is 1.36 bits per heavy atom. The summed E-state index contributed by atoms with van der Waals surface area (Å²) < 4.78 is 5.21. The average Bonchev–Trinajstić information content (AvgIpc) is 2.34. The highest BCUT2D eigenvalue weighted by atomic mass is 35.5. The number of carboxylic acids is 1. The van der Waals surface area contributed by atoms with Gasteiger partial charge >= 0.3 is 12.1 Å². The van der Waals surface area contributed by atoms with E-state index in [0.717, 1.165) is 5.56 Å². The maximum absolute atomic E-state index is 11.9. The van der Waals surface area contributed by atoms with Crippen molar-refractivity contribution in [2.24, 2.45) is 5.92 Å². The minimum atomic E-state index is -0.837. The minimum Gasteiger partial charge on any atom is -0.481 e. The molecule has 0 saturated heterocycles. The van der Waals surface area contributed by atoms with Crippen LogP contribution in [-0.2, 0) is 16.0 Å². The summed E-state index contributed by atoms with van der Waals surface area (Å²) in [7, 11) is 0. The van der Waals surface area contributed by atoms with Crippen LogP contribution < -0.4 is 5.32 Å². The van der Waals surface area contributed by atoms with Crippen LogP contribution in [0.25, 0.3) is 0 Å². The second-order valence-corrected chi connectivity index (χ2v) is 6.64. The molecule has 5 nitrogen and oxygen atoms in total. The van der Waals surface area contributed by atoms with E-state index in [4.69, 9.17) is 21.4 Å². The number of amides is 1. The molecule has 1 rings (SSSR count). The lowest BCUT2D eigenvalue weighted by Gasteiger charge is -2.20. The summed E-state index contributed by atoms with van der Waals surface area (Å²) in [5, 5.41) is 12.1. The van der Waals surface area contributed by atoms with Crippen LogP contribution in [-0.4, -0.2) is 22.8 Å². The third-order valence-electron chi connectivity index (χ3n) is 2.98. The van der Waals surface area contributed by atoms with E-state index in [2.05, 4.69) is 5.32 Å². The number of aliphatic carboxylic acids is 1. The number of carboxylic acid groups (broad SMARTS) is 1. The van der Waals surface area contributed by atoms with E-state index in [1.54, 1.807) is 45.9 Å². The van der Waals surface area contributed by atoms with Gasteiger partial charge in [0.15, 0.2) is 0 Å². The number of carbonyl (C=O) groups excluding carboxylic acids is 1. The Kier molecular flexibility index (Phi) is 6.23. The summed E-state index contributed by atoms with van der Waals surface area (Å²) in [4.78, 5) is 22.8. The Balaban J connectivity index is 2.82. The molecule has 0 spiro atoms. The second kappa shape index (κ2) is 7.49. The first-order valence-electron chi connectivity index (χ1n) is 7.09. The van der Waals surface area contributed by atoms with Crippen LogP contribution in [0.15, 0.2) is 18.2 Å². The zero-order valence-corrected chi connectivity index (χ0v) is 14.0. The molecule has 0 saturated carbocycles. The molecule has 0 radical (unpaired) electrons. The van der Waals surface area contributed by atoms with Crippen molar-refractivity contribution in [3.05, 3.63) is 28.8 Å². The number of aryl methyl sites for hydroxylation is 1. The van der Waals surface area contributed by atoms with Gasteiger partial charge in [-0.3, -0.25) is 10.1 Å². The summed E-state index contributed by atoms with van der Waals surface area (Å²) >= 11 is 5.96.